The molecular formula is C11H19N3O. The first kappa shape index (κ1) is 11.9. The van der Waals surface area contributed by atoms with E-state index in [-0.39, 0.29) is 0 Å². The molecule has 0 spiro atoms. The van der Waals surface area contributed by atoms with E-state index in [9.17, 15) is 0 Å². The van der Waals surface area contributed by atoms with E-state index < -0.39 is 0 Å². The van der Waals surface area contributed by atoms with Gasteiger partial charge in [0, 0.05) is 31.2 Å². The lowest BCUT2D eigenvalue weighted by Gasteiger charge is -2.10. The molecule has 0 aliphatic heterocycles. The molecule has 84 valence electrons. The van der Waals surface area contributed by atoms with Gasteiger partial charge in [0.2, 0.25) is 0 Å². The Hall–Kier alpha value is -1.13. The molecule has 15 heavy (non-hydrogen) atoms. The van der Waals surface area contributed by atoms with E-state index in [1.54, 1.807) is 12.4 Å². The van der Waals surface area contributed by atoms with E-state index in [0.717, 1.165) is 32.0 Å². The number of anilines is 1. The van der Waals surface area contributed by atoms with Crippen LogP contribution in [-0.2, 0) is 4.74 Å². The van der Waals surface area contributed by atoms with Gasteiger partial charge in [-0.1, -0.05) is 0 Å². The molecule has 0 aliphatic rings. The Morgan fingerprint density at radius 2 is 2.00 bits per heavy atom. The molecule has 0 fully saturated rings. The molecule has 1 aromatic rings. The van der Waals surface area contributed by atoms with Crippen molar-refractivity contribution in [3.05, 3.63) is 24.5 Å². The maximum atomic E-state index is 5.45. The Labute approximate surface area is 91.3 Å². The summed E-state index contributed by atoms with van der Waals surface area (Å²) >= 11 is 0. The van der Waals surface area contributed by atoms with Crippen LogP contribution in [-0.4, -0.2) is 50.3 Å². The summed E-state index contributed by atoms with van der Waals surface area (Å²) in [4.78, 5) is 6.05. The van der Waals surface area contributed by atoms with Gasteiger partial charge in [0.05, 0.1) is 13.2 Å². The number of aromatic nitrogens is 1. The lowest BCUT2D eigenvalue weighted by molar-refractivity contribution is 0.126. The van der Waals surface area contributed by atoms with Gasteiger partial charge in [-0.2, -0.15) is 0 Å². The molecule has 0 radical (unpaired) electrons. The molecular weight excluding hydrogens is 190 g/mol. The Kier molecular flexibility index (Phi) is 5.73. The van der Waals surface area contributed by atoms with E-state index in [1.165, 1.54) is 0 Å². The minimum atomic E-state index is 0.732. The highest BCUT2D eigenvalue weighted by atomic mass is 16.5. The van der Waals surface area contributed by atoms with E-state index >= 15 is 0 Å². The largest absolute Gasteiger partial charge is 0.383 e. The third-order valence-corrected chi connectivity index (χ3v) is 1.94. The zero-order valence-electron chi connectivity index (χ0n) is 9.44. The molecule has 0 atom stereocenters. The summed E-state index contributed by atoms with van der Waals surface area (Å²) in [5.41, 5.74) is 1.08. The van der Waals surface area contributed by atoms with Gasteiger partial charge >= 0.3 is 0 Å². The lowest BCUT2D eigenvalue weighted by Crippen LogP contribution is -2.20. The molecule has 0 saturated heterocycles. The van der Waals surface area contributed by atoms with Crippen LogP contribution in [0.15, 0.2) is 24.5 Å². The predicted octanol–water partition coefficient (Wildman–Crippen LogP) is 1.07. The van der Waals surface area contributed by atoms with Crippen LogP contribution >= 0.6 is 0 Å². The molecule has 0 amide bonds. The highest BCUT2D eigenvalue weighted by Gasteiger charge is 1.92. The summed E-state index contributed by atoms with van der Waals surface area (Å²) in [5.74, 6) is 0. The van der Waals surface area contributed by atoms with Crippen LogP contribution in [0.2, 0.25) is 0 Å². The van der Waals surface area contributed by atoms with Gasteiger partial charge in [-0.15, -0.1) is 0 Å². The number of hydrogen-bond donors (Lipinski definition) is 1. The minimum Gasteiger partial charge on any atom is -0.383 e. The molecule has 1 heterocycles. The Bertz CT molecular complexity index is 251. The Morgan fingerprint density at radius 3 is 2.67 bits per heavy atom. The number of likely N-dealkylation sites (N-methyl/N-ethyl adjacent to an activating group) is 1. The number of nitrogens with zero attached hydrogens (tertiary/aromatic N) is 2. The number of hydrogen-bond acceptors (Lipinski definition) is 4. The van der Waals surface area contributed by atoms with Crippen LogP contribution in [0.1, 0.15) is 0 Å². The highest BCUT2D eigenvalue weighted by molar-refractivity contribution is 5.40. The SMILES string of the molecule is CN(C)CCOCCNc1ccncc1. The van der Waals surface area contributed by atoms with Crippen LogP contribution < -0.4 is 5.32 Å². The minimum absolute atomic E-state index is 0.732. The molecule has 4 nitrogen and oxygen atoms in total. The summed E-state index contributed by atoms with van der Waals surface area (Å²) < 4.78 is 5.45. The van der Waals surface area contributed by atoms with Crippen molar-refractivity contribution in [1.29, 1.82) is 0 Å². The second-order valence-electron chi connectivity index (χ2n) is 3.58. The van der Waals surface area contributed by atoms with Crippen LogP contribution in [0.5, 0.6) is 0 Å². The van der Waals surface area contributed by atoms with Crippen molar-refractivity contribution in [1.82, 2.24) is 9.88 Å². The fourth-order valence-electron chi connectivity index (χ4n) is 1.09. The topological polar surface area (TPSA) is 37.4 Å². The standard InChI is InChI=1S/C11H19N3O/c1-14(2)8-10-15-9-7-13-11-3-5-12-6-4-11/h3-6H,7-10H2,1-2H3,(H,12,13). The van der Waals surface area contributed by atoms with Gasteiger partial charge < -0.3 is 15.0 Å². The van der Waals surface area contributed by atoms with Crippen molar-refractivity contribution >= 4 is 5.69 Å². The first-order valence-corrected chi connectivity index (χ1v) is 5.15. The summed E-state index contributed by atoms with van der Waals surface area (Å²) in [6.07, 6.45) is 3.55. The molecule has 0 aromatic carbocycles. The molecule has 0 bridgehead atoms. The third kappa shape index (κ3) is 6.04. The van der Waals surface area contributed by atoms with Crippen LogP contribution in [0, 0.1) is 0 Å². The lowest BCUT2D eigenvalue weighted by atomic mass is 10.4. The summed E-state index contributed by atoms with van der Waals surface area (Å²) in [5, 5.41) is 3.25. The van der Waals surface area contributed by atoms with E-state index in [4.69, 9.17) is 4.74 Å². The zero-order chi connectivity index (χ0) is 10.9. The first-order valence-electron chi connectivity index (χ1n) is 5.15. The predicted molar refractivity (Wildman–Crippen MR) is 62.1 cm³/mol. The summed E-state index contributed by atoms with van der Waals surface area (Å²) in [6.45, 7) is 3.31. The van der Waals surface area contributed by atoms with E-state index in [0.29, 0.717) is 0 Å². The zero-order valence-corrected chi connectivity index (χ0v) is 9.44. The second kappa shape index (κ2) is 7.20. The monoisotopic (exact) mass is 209 g/mol. The van der Waals surface area contributed by atoms with Crippen molar-refractivity contribution in [3.63, 3.8) is 0 Å². The quantitative estimate of drug-likeness (QED) is 0.682. The van der Waals surface area contributed by atoms with Gasteiger partial charge in [0.25, 0.3) is 0 Å². The van der Waals surface area contributed by atoms with Crippen LogP contribution in [0.25, 0.3) is 0 Å². The van der Waals surface area contributed by atoms with Crippen LogP contribution in [0.4, 0.5) is 5.69 Å². The van der Waals surface area contributed by atoms with Gasteiger partial charge in [0.1, 0.15) is 0 Å². The average molecular weight is 209 g/mol. The van der Waals surface area contributed by atoms with Crippen molar-refractivity contribution in [2.45, 2.75) is 0 Å². The molecule has 0 aliphatic carbocycles. The number of rotatable bonds is 7. The fraction of sp³-hybridized carbons (Fsp3) is 0.545. The molecule has 0 unspecified atom stereocenters. The molecule has 1 N–H and O–H groups in total. The summed E-state index contributed by atoms with van der Waals surface area (Å²) in [6, 6.07) is 3.89. The second-order valence-corrected chi connectivity index (χ2v) is 3.58. The van der Waals surface area contributed by atoms with Gasteiger partial charge in [-0.25, -0.2) is 0 Å². The Morgan fingerprint density at radius 1 is 1.27 bits per heavy atom. The maximum absolute atomic E-state index is 5.45. The van der Waals surface area contributed by atoms with Crippen molar-refractivity contribution in [2.24, 2.45) is 0 Å². The molecule has 1 aromatic heterocycles. The average Bonchev–Trinajstić information content (AvgIpc) is 2.24. The van der Waals surface area contributed by atoms with Crippen molar-refractivity contribution in [2.75, 3.05) is 45.7 Å². The molecule has 0 saturated carbocycles. The maximum Gasteiger partial charge on any atom is 0.0639 e. The first-order chi connectivity index (χ1) is 7.29. The molecule has 4 heteroatoms. The smallest absolute Gasteiger partial charge is 0.0639 e. The summed E-state index contributed by atoms with van der Waals surface area (Å²) in [7, 11) is 4.08. The van der Waals surface area contributed by atoms with Gasteiger partial charge in [0.15, 0.2) is 0 Å². The van der Waals surface area contributed by atoms with E-state index in [1.807, 2.05) is 26.2 Å². The van der Waals surface area contributed by atoms with Crippen LogP contribution in [0.3, 0.4) is 0 Å². The van der Waals surface area contributed by atoms with Crippen molar-refractivity contribution in [3.8, 4) is 0 Å². The fourth-order valence-corrected chi connectivity index (χ4v) is 1.09. The highest BCUT2D eigenvalue weighted by Crippen LogP contribution is 2.01. The Balaban J connectivity index is 1.98. The molecule has 1 rings (SSSR count). The van der Waals surface area contributed by atoms with E-state index in [2.05, 4.69) is 15.2 Å². The number of pyridine rings is 1. The van der Waals surface area contributed by atoms with Crippen molar-refractivity contribution < 1.29 is 4.74 Å². The number of ether oxygens (including phenoxy) is 1. The normalized spacial score (nSPS) is 10.6. The number of nitrogens with one attached hydrogen (secondary N) is 1. The van der Waals surface area contributed by atoms with Gasteiger partial charge in [-0.3, -0.25) is 4.98 Å². The van der Waals surface area contributed by atoms with Gasteiger partial charge in [-0.05, 0) is 26.2 Å². The third-order valence-electron chi connectivity index (χ3n) is 1.94.